The molecule has 4 atom stereocenters. The Kier molecular flexibility index (Phi) is 6.91. The van der Waals surface area contributed by atoms with E-state index in [1.165, 1.54) is 5.56 Å². The predicted octanol–water partition coefficient (Wildman–Crippen LogP) is 2.70. The molecule has 1 aliphatic heterocycles. The fourth-order valence-corrected chi connectivity index (χ4v) is 8.12. The van der Waals surface area contributed by atoms with Gasteiger partial charge in [-0.25, -0.2) is 19.9 Å². The summed E-state index contributed by atoms with van der Waals surface area (Å²) in [7, 11) is 7.24. The Bertz CT molecular complexity index is 2790. The van der Waals surface area contributed by atoms with Crippen molar-refractivity contribution in [3.63, 3.8) is 0 Å². The number of ether oxygens (including phenoxy) is 2. The molecule has 0 radical (unpaired) electrons. The Morgan fingerprint density at radius 3 is 2.63 bits per heavy atom. The third kappa shape index (κ3) is 4.86. The lowest BCUT2D eigenvalue weighted by atomic mass is 10.1. The SMILES string of the molecule is COc1cccc2c1N=C(N)[NH2+]C2=NC(=N)C1CC1c1n(-c2cc(OC)c3nc(N)n4nc(C5CC5c5cnn(C)c5)nc4c3c2)c2ccccc2[n+]1C. The van der Waals surface area contributed by atoms with Crippen LogP contribution in [0, 0.1) is 11.3 Å². The molecular weight excluding hydrogens is 685 g/mol. The highest BCUT2D eigenvalue weighted by atomic mass is 16.5. The van der Waals surface area contributed by atoms with Crippen LogP contribution >= 0.6 is 0 Å². The normalized spacial score (nSPS) is 21.1. The number of hydrogen-bond donors (Lipinski definition) is 4. The molecule has 16 heteroatoms. The van der Waals surface area contributed by atoms with E-state index in [4.69, 9.17) is 41.0 Å². The fraction of sp³-hybridized carbons (Fsp3) is 0.263. The van der Waals surface area contributed by atoms with Crippen molar-refractivity contribution < 1.29 is 19.4 Å². The summed E-state index contributed by atoms with van der Waals surface area (Å²) >= 11 is 0. The third-order valence-electron chi connectivity index (χ3n) is 10.9. The van der Waals surface area contributed by atoms with Crippen molar-refractivity contribution in [2.75, 3.05) is 20.0 Å². The number of nitrogens with zero attached hydrogens (tertiary/aromatic N) is 10. The van der Waals surface area contributed by atoms with Crippen LogP contribution < -0.4 is 30.8 Å². The van der Waals surface area contributed by atoms with Crippen LogP contribution in [0.15, 0.2) is 77.0 Å². The van der Waals surface area contributed by atoms with Gasteiger partial charge in [0.1, 0.15) is 34.2 Å². The van der Waals surface area contributed by atoms with Crippen LogP contribution in [0.5, 0.6) is 11.5 Å². The number of benzene rings is 3. The van der Waals surface area contributed by atoms with Crippen LogP contribution in [0.4, 0.5) is 11.6 Å². The molecule has 0 saturated heterocycles. The minimum Gasteiger partial charge on any atom is -0.494 e. The molecule has 0 bridgehead atoms. The van der Waals surface area contributed by atoms with Crippen molar-refractivity contribution in [1.29, 1.82) is 5.41 Å². The van der Waals surface area contributed by atoms with Crippen molar-refractivity contribution in [2.45, 2.75) is 30.6 Å². The first-order chi connectivity index (χ1) is 26.2. The molecule has 7 aromatic rings. The number of nitrogens with two attached hydrogens (primary N) is 3. The number of methoxy groups -OCH3 is 2. The van der Waals surface area contributed by atoms with E-state index in [0.717, 1.165) is 52.2 Å². The van der Waals surface area contributed by atoms with Gasteiger partial charge in [0, 0.05) is 31.1 Å². The number of guanidine groups is 1. The Morgan fingerprint density at radius 1 is 1.00 bits per heavy atom. The average Bonchev–Trinajstić information content (AvgIpc) is 4.02. The van der Waals surface area contributed by atoms with E-state index in [1.807, 2.05) is 54.3 Å². The summed E-state index contributed by atoms with van der Waals surface area (Å²) < 4.78 is 19.4. The number of aromatic nitrogens is 8. The first-order valence-electron chi connectivity index (χ1n) is 17.8. The topological polar surface area (TPSA) is 205 Å². The van der Waals surface area contributed by atoms with Crippen molar-refractivity contribution >= 4 is 56.9 Å². The molecular formula is C38H38N14O2+2. The van der Waals surface area contributed by atoms with Gasteiger partial charge in [-0.15, -0.1) is 5.10 Å². The third-order valence-corrected chi connectivity index (χ3v) is 10.9. The average molecular weight is 723 g/mol. The second-order valence-electron chi connectivity index (χ2n) is 14.2. The van der Waals surface area contributed by atoms with Crippen LogP contribution in [0.3, 0.4) is 0 Å². The summed E-state index contributed by atoms with van der Waals surface area (Å²) in [6, 6.07) is 18.0. The van der Waals surface area contributed by atoms with Gasteiger partial charge in [-0.3, -0.25) is 10.1 Å². The molecule has 2 saturated carbocycles. The van der Waals surface area contributed by atoms with Crippen molar-refractivity contribution in [1.82, 2.24) is 33.9 Å². The Labute approximate surface area is 308 Å². The zero-order chi connectivity index (χ0) is 37.0. The van der Waals surface area contributed by atoms with Crippen LogP contribution in [0.25, 0.3) is 33.3 Å². The number of quaternary nitrogens is 1. The van der Waals surface area contributed by atoms with Gasteiger partial charge < -0.3 is 20.9 Å². The maximum Gasteiger partial charge on any atom is 0.303 e. The standard InChI is InChI=1S/C38H37N14O2/c1-49-17-18(16-42-49)21-14-23(21)34-46-35-25-12-19(13-29(54-4)31(25)44-38(41)52(35)48-34)51-27-10-6-5-9-26(27)50(2)36(51)24-15-22(24)32(39)45-33-20-8-7-11-28(53-3)30(20)43-37(40)47-33/h5-13,16-17,21-24H,14-15H2,1-4H3,(H2,41,44)(H4,39,40,43,45,47)/q+1/p+1. The number of imidazole rings is 1. The van der Waals surface area contributed by atoms with Gasteiger partial charge in [0.15, 0.2) is 22.5 Å². The number of aliphatic imine (C=N–C) groups is 2. The molecule has 4 aromatic heterocycles. The van der Waals surface area contributed by atoms with E-state index in [0.29, 0.717) is 46.1 Å². The monoisotopic (exact) mass is 722 g/mol. The van der Waals surface area contributed by atoms with Crippen LogP contribution in [0.1, 0.15) is 53.4 Å². The Hall–Kier alpha value is -6.68. The molecule has 0 spiro atoms. The van der Waals surface area contributed by atoms with Gasteiger partial charge in [0.05, 0.1) is 44.3 Å². The van der Waals surface area contributed by atoms with Gasteiger partial charge in [0.2, 0.25) is 11.8 Å². The lowest BCUT2D eigenvalue weighted by Gasteiger charge is -2.14. The second kappa shape index (κ2) is 11.7. The zero-order valence-corrected chi connectivity index (χ0v) is 30.1. The highest BCUT2D eigenvalue weighted by molar-refractivity contribution is 6.10. The van der Waals surface area contributed by atoms with Gasteiger partial charge in [-0.1, -0.05) is 18.2 Å². The summed E-state index contributed by atoms with van der Waals surface area (Å²) in [5.41, 5.74) is 19.5. The number of para-hydroxylation sites is 3. The van der Waals surface area contributed by atoms with E-state index >= 15 is 0 Å². The molecule has 3 aromatic carbocycles. The quantitative estimate of drug-likeness (QED) is 0.109. The van der Waals surface area contributed by atoms with E-state index in [-0.39, 0.29) is 29.5 Å². The van der Waals surface area contributed by atoms with E-state index in [9.17, 15) is 5.41 Å². The number of nitrogen functional groups attached to an aromatic ring is 1. The largest absolute Gasteiger partial charge is 0.494 e. The maximum atomic E-state index is 9.20. The molecule has 10 rings (SSSR count). The predicted molar refractivity (Wildman–Crippen MR) is 202 cm³/mol. The maximum absolute atomic E-state index is 9.20. The van der Waals surface area contributed by atoms with E-state index < -0.39 is 0 Å². The zero-order valence-electron chi connectivity index (χ0n) is 30.1. The summed E-state index contributed by atoms with van der Waals surface area (Å²) in [6.45, 7) is 0. The molecule has 270 valence electrons. The molecule has 54 heavy (non-hydrogen) atoms. The number of aryl methyl sites for hydroxylation is 2. The molecule has 4 unspecified atom stereocenters. The molecule has 2 aliphatic carbocycles. The lowest BCUT2D eigenvalue weighted by Crippen LogP contribution is -2.95. The number of anilines is 1. The number of hydrogen-bond acceptors (Lipinski definition) is 10. The summed E-state index contributed by atoms with van der Waals surface area (Å²) in [5.74, 6) is 4.77. The highest BCUT2D eigenvalue weighted by Crippen LogP contribution is 2.54. The first-order valence-corrected chi connectivity index (χ1v) is 17.8. The molecule has 16 nitrogen and oxygen atoms in total. The Morgan fingerprint density at radius 2 is 1.83 bits per heavy atom. The summed E-state index contributed by atoms with van der Waals surface area (Å²) in [5, 5.41) is 20.9. The van der Waals surface area contributed by atoms with Gasteiger partial charge in [-0.2, -0.15) is 24.2 Å². The number of nitrogens with one attached hydrogen (secondary N) is 1. The highest BCUT2D eigenvalue weighted by Gasteiger charge is 2.51. The molecule has 0 amide bonds. The van der Waals surface area contributed by atoms with Gasteiger partial charge >= 0.3 is 5.96 Å². The smallest absolute Gasteiger partial charge is 0.303 e. The Balaban J connectivity index is 1.07. The van der Waals surface area contributed by atoms with Crippen LogP contribution in [0.2, 0.25) is 0 Å². The van der Waals surface area contributed by atoms with E-state index in [1.54, 1.807) is 24.1 Å². The molecule has 2 fully saturated rings. The van der Waals surface area contributed by atoms with Crippen LogP contribution in [-0.4, -0.2) is 65.8 Å². The minimum absolute atomic E-state index is 0.0175. The molecule has 3 aliphatic rings. The van der Waals surface area contributed by atoms with Gasteiger partial charge in [-0.05, 0) is 54.7 Å². The number of amidine groups is 2. The lowest BCUT2D eigenvalue weighted by molar-refractivity contribution is -0.653. The summed E-state index contributed by atoms with van der Waals surface area (Å²) in [4.78, 5) is 19.2. The summed E-state index contributed by atoms with van der Waals surface area (Å²) in [6.07, 6.45) is 5.67. The fourth-order valence-electron chi connectivity index (χ4n) is 8.12. The van der Waals surface area contributed by atoms with Gasteiger partial charge in [0.25, 0.3) is 5.82 Å². The molecule has 7 N–H and O–H groups in total. The molecule has 5 heterocycles. The van der Waals surface area contributed by atoms with Crippen molar-refractivity contribution in [3.05, 3.63) is 89.8 Å². The first kappa shape index (κ1) is 32.0. The number of rotatable bonds is 7. The second-order valence-corrected chi connectivity index (χ2v) is 14.2. The van der Waals surface area contributed by atoms with Crippen molar-refractivity contribution in [3.8, 4) is 17.2 Å². The minimum atomic E-state index is -0.116. The number of fused-ring (bicyclic) bond motifs is 5. The van der Waals surface area contributed by atoms with Crippen molar-refractivity contribution in [2.24, 2.45) is 35.7 Å². The van der Waals surface area contributed by atoms with E-state index in [2.05, 4.69) is 50.7 Å². The van der Waals surface area contributed by atoms with Crippen LogP contribution in [-0.2, 0) is 14.1 Å².